The van der Waals surface area contributed by atoms with Crippen LogP contribution < -0.4 is 5.73 Å². The minimum atomic E-state index is 0.253. The topological polar surface area (TPSA) is 46.2 Å². The number of phenols is 1. The van der Waals surface area contributed by atoms with Crippen LogP contribution in [0.4, 0.5) is 0 Å². The molecule has 0 radical (unpaired) electrons. The first kappa shape index (κ1) is 10.4. The van der Waals surface area contributed by atoms with Crippen LogP contribution in [-0.4, -0.2) is 11.7 Å². The van der Waals surface area contributed by atoms with Crippen molar-refractivity contribution in [3.05, 3.63) is 28.8 Å². The molecule has 0 spiro atoms. The molecule has 1 atom stereocenters. The summed E-state index contributed by atoms with van der Waals surface area (Å²) in [4.78, 5) is 0. The molecule has 0 aliphatic rings. The van der Waals surface area contributed by atoms with Gasteiger partial charge in [0.05, 0.1) is 0 Å². The molecule has 3 N–H and O–H groups in total. The maximum atomic E-state index is 9.26. The van der Waals surface area contributed by atoms with E-state index in [0.29, 0.717) is 17.5 Å². The van der Waals surface area contributed by atoms with Gasteiger partial charge in [-0.05, 0) is 42.6 Å². The fourth-order valence-electron chi connectivity index (χ4n) is 1.31. The SMILES string of the molecule is CC(CCN)c1cc(O)ccc1Cl. The molecule has 0 heterocycles. The molecule has 0 aliphatic heterocycles. The number of rotatable bonds is 3. The van der Waals surface area contributed by atoms with Crippen molar-refractivity contribution in [2.24, 2.45) is 5.73 Å². The summed E-state index contributed by atoms with van der Waals surface area (Å²) >= 11 is 5.97. The molecule has 13 heavy (non-hydrogen) atoms. The zero-order valence-corrected chi connectivity index (χ0v) is 8.38. The fraction of sp³-hybridized carbons (Fsp3) is 0.400. The van der Waals surface area contributed by atoms with Crippen LogP contribution in [0.2, 0.25) is 5.02 Å². The Kier molecular flexibility index (Phi) is 3.58. The summed E-state index contributed by atoms with van der Waals surface area (Å²) in [6, 6.07) is 4.99. The molecule has 0 saturated carbocycles. The number of nitrogens with two attached hydrogens (primary N) is 1. The van der Waals surface area contributed by atoms with Gasteiger partial charge in [-0.15, -0.1) is 0 Å². The Balaban J connectivity index is 2.91. The van der Waals surface area contributed by atoms with E-state index in [4.69, 9.17) is 17.3 Å². The van der Waals surface area contributed by atoms with Gasteiger partial charge in [0.25, 0.3) is 0 Å². The molecule has 1 aromatic rings. The number of benzene rings is 1. The first-order valence-corrected chi connectivity index (χ1v) is 4.71. The Morgan fingerprint density at radius 2 is 2.23 bits per heavy atom. The van der Waals surface area contributed by atoms with E-state index in [2.05, 4.69) is 0 Å². The van der Waals surface area contributed by atoms with Crippen LogP contribution in [-0.2, 0) is 0 Å². The lowest BCUT2D eigenvalue weighted by Crippen LogP contribution is -2.04. The smallest absolute Gasteiger partial charge is 0.115 e. The lowest BCUT2D eigenvalue weighted by Gasteiger charge is -2.12. The highest BCUT2D eigenvalue weighted by molar-refractivity contribution is 6.31. The standard InChI is InChI=1S/C10H14ClNO/c1-7(4-5-12)9-6-8(13)2-3-10(9)11/h2-3,6-7,13H,4-5,12H2,1H3. The second-order valence-electron chi connectivity index (χ2n) is 3.18. The van der Waals surface area contributed by atoms with Gasteiger partial charge >= 0.3 is 0 Å². The average molecular weight is 200 g/mol. The Labute approximate surface area is 83.3 Å². The van der Waals surface area contributed by atoms with Crippen LogP contribution in [0.15, 0.2) is 18.2 Å². The van der Waals surface area contributed by atoms with E-state index in [9.17, 15) is 5.11 Å². The molecule has 1 rings (SSSR count). The summed E-state index contributed by atoms with van der Waals surface area (Å²) in [7, 11) is 0. The summed E-state index contributed by atoms with van der Waals surface area (Å²) in [5.74, 6) is 0.549. The lowest BCUT2D eigenvalue weighted by molar-refractivity contribution is 0.473. The fourth-order valence-corrected chi connectivity index (χ4v) is 1.62. The van der Waals surface area contributed by atoms with Crippen LogP contribution in [0.1, 0.15) is 24.8 Å². The van der Waals surface area contributed by atoms with Crippen LogP contribution in [0.25, 0.3) is 0 Å². The van der Waals surface area contributed by atoms with Crippen molar-refractivity contribution in [3.8, 4) is 5.75 Å². The number of aromatic hydroxyl groups is 1. The molecule has 1 aromatic carbocycles. The van der Waals surface area contributed by atoms with Crippen molar-refractivity contribution in [1.82, 2.24) is 0 Å². The van der Waals surface area contributed by atoms with Gasteiger partial charge in [-0.2, -0.15) is 0 Å². The van der Waals surface area contributed by atoms with Crippen molar-refractivity contribution in [2.45, 2.75) is 19.3 Å². The van der Waals surface area contributed by atoms with Gasteiger partial charge in [-0.1, -0.05) is 18.5 Å². The van der Waals surface area contributed by atoms with Gasteiger partial charge in [-0.25, -0.2) is 0 Å². The van der Waals surface area contributed by atoms with Crippen molar-refractivity contribution >= 4 is 11.6 Å². The van der Waals surface area contributed by atoms with Crippen LogP contribution in [0.5, 0.6) is 5.75 Å². The third-order valence-electron chi connectivity index (χ3n) is 2.11. The molecule has 0 fully saturated rings. The first-order chi connectivity index (χ1) is 6.15. The Hall–Kier alpha value is -0.730. The van der Waals surface area contributed by atoms with E-state index in [1.165, 1.54) is 0 Å². The summed E-state index contributed by atoms with van der Waals surface area (Å²) in [5.41, 5.74) is 6.41. The summed E-state index contributed by atoms with van der Waals surface area (Å²) in [6.45, 7) is 2.68. The zero-order chi connectivity index (χ0) is 9.84. The van der Waals surface area contributed by atoms with Gasteiger partial charge in [0.1, 0.15) is 5.75 Å². The molecule has 0 aliphatic carbocycles. The number of phenolic OH excluding ortho intramolecular Hbond substituents is 1. The Bertz CT molecular complexity index is 288. The van der Waals surface area contributed by atoms with E-state index >= 15 is 0 Å². The Morgan fingerprint density at radius 3 is 2.85 bits per heavy atom. The molecule has 0 saturated heterocycles. The minimum Gasteiger partial charge on any atom is -0.508 e. The normalized spacial score (nSPS) is 12.8. The van der Waals surface area contributed by atoms with Crippen LogP contribution >= 0.6 is 11.6 Å². The second kappa shape index (κ2) is 4.49. The van der Waals surface area contributed by atoms with Gasteiger partial charge < -0.3 is 10.8 Å². The highest BCUT2D eigenvalue weighted by Gasteiger charge is 2.09. The minimum absolute atomic E-state index is 0.253. The van der Waals surface area contributed by atoms with E-state index in [1.807, 2.05) is 6.92 Å². The first-order valence-electron chi connectivity index (χ1n) is 4.33. The molecule has 0 amide bonds. The van der Waals surface area contributed by atoms with E-state index in [1.54, 1.807) is 18.2 Å². The zero-order valence-electron chi connectivity index (χ0n) is 7.63. The third-order valence-corrected chi connectivity index (χ3v) is 2.45. The van der Waals surface area contributed by atoms with Crippen molar-refractivity contribution < 1.29 is 5.11 Å². The lowest BCUT2D eigenvalue weighted by atomic mass is 9.98. The Morgan fingerprint density at radius 1 is 1.54 bits per heavy atom. The number of hydrogen-bond donors (Lipinski definition) is 2. The quantitative estimate of drug-likeness (QED) is 0.786. The predicted octanol–water partition coefficient (Wildman–Crippen LogP) is 2.50. The van der Waals surface area contributed by atoms with E-state index in [0.717, 1.165) is 12.0 Å². The maximum absolute atomic E-state index is 9.26. The van der Waals surface area contributed by atoms with Gasteiger partial charge in [0.15, 0.2) is 0 Å². The van der Waals surface area contributed by atoms with E-state index in [-0.39, 0.29) is 5.75 Å². The molecule has 0 bridgehead atoms. The summed E-state index contributed by atoms with van der Waals surface area (Å²) < 4.78 is 0. The van der Waals surface area contributed by atoms with Gasteiger partial charge in [0.2, 0.25) is 0 Å². The maximum Gasteiger partial charge on any atom is 0.115 e. The molecule has 3 heteroatoms. The van der Waals surface area contributed by atoms with Crippen molar-refractivity contribution in [1.29, 1.82) is 0 Å². The molecule has 72 valence electrons. The predicted molar refractivity (Wildman–Crippen MR) is 55.2 cm³/mol. The number of halogens is 1. The average Bonchev–Trinajstić information content (AvgIpc) is 2.09. The van der Waals surface area contributed by atoms with E-state index < -0.39 is 0 Å². The van der Waals surface area contributed by atoms with Gasteiger partial charge in [-0.3, -0.25) is 0 Å². The molecular weight excluding hydrogens is 186 g/mol. The highest BCUT2D eigenvalue weighted by Crippen LogP contribution is 2.29. The van der Waals surface area contributed by atoms with Gasteiger partial charge in [0, 0.05) is 5.02 Å². The molecular formula is C10H14ClNO. The second-order valence-corrected chi connectivity index (χ2v) is 3.59. The summed E-state index contributed by atoms with van der Waals surface area (Å²) in [6.07, 6.45) is 0.878. The van der Waals surface area contributed by atoms with Crippen molar-refractivity contribution in [2.75, 3.05) is 6.54 Å². The van der Waals surface area contributed by atoms with Crippen LogP contribution in [0, 0.1) is 0 Å². The monoisotopic (exact) mass is 199 g/mol. The van der Waals surface area contributed by atoms with Crippen molar-refractivity contribution in [3.63, 3.8) is 0 Å². The molecule has 1 unspecified atom stereocenters. The highest BCUT2D eigenvalue weighted by atomic mass is 35.5. The molecule has 0 aromatic heterocycles. The summed E-state index contributed by atoms with van der Waals surface area (Å²) in [5, 5.41) is 9.96. The van der Waals surface area contributed by atoms with Crippen LogP contribution in [0.3, 0.4) is 0 Å². The number of hydrogen-bond acceptors (Lipinski definition) is 2. The molecule has 2 nitrogen and oxygen atoms in total. The third kappa shape index (κ3) is 2.61. The largest absolute Gasteiger partial charge is 0.508 e.